The van der Waals surface area contributed by atoms with E-state index in [4.69, 9.17) is 0 Å². The maximum atomic E-state index is 12.4. The molecule has 3 rings (SSSR count). The maximum Gasteiger partial charge on any atom is 0.251 e. The van der Waals surface area contributed by atoms with Crippen LogP contribution in [0.25, 0.3) is 5.82 Å². The van der Waals surface area contributed by atoms with Gasteiger partial charge in [0.25, 0.3) is 5.91 Å². The Morgan fingerprint density at radius 1 is 1.12 bits per heavy atom. The van der Waals surface area contributed by atoms with E-state index in [0.29, 0.717) is 17.9 Å². The van der Waals surface area contributed by atoms with Crippen LogP contribution in [0.3, 0.4) is 0 Å². The van der Waals surface area contributed by atoms with Crippen LogP contribution < -0.4 is 5.32 Å². The first-order valence-electron chi connectivity index (χ1n) is 8.07. The van der Waals surface area contributed by atoms with Crippen molar-refractivity contribution in [2.75, 3.05) is 14.1 Å². The van der Waals surface area contributed by atoms with Gasteiger partial charge in [-0.2, -0.15) is 0 Å². The predicted molar refractivity (Wildman–Crippen MR) is 96.4 cm³/mol. The SMILES string of the molecule is CN(C)Cc1ccc(CNC(=O)c2ccnc(-n3ccnc3)c2)cc1. The molecule has 0 bridgehead atoms. The Morgan fingerprint density at radius 2 is 1.88 bits per heavy atom. The monoisotopic (exact) mass is 335 g/mol. The maximum absolute atomic E-state index is 12.4. The van der Waals surface area contributed by atoms with Gasteiger partial charge in [-0.15, -0.1) is 0 Å². The van der Waals surface area contributed by atoms with Crippen molar-refractivity contribution in [3.05, 3.63) is 78.0 Å². The highest BCUT2D eigenvalue weighted by Gasteiger charge is 2.08. The van der Waals surface area contributed by atoms with Crippen molar-refractivity contribution in [2.45, 2.75) is 13.1 Å². The molecule has 0 atom stereocenters. The molecule has 0 saturated heterocycles. The van der Waals surface area contributed by atoms with Gasteiger partial charge in [-0.25, -0.2) is 9.97 Å². The summed E-state index contributed by atoms with van der Waals surface area (Å²) >= 11 is 0. The zero-order valence-electron chi connectivity index (χ0n) is 14.4. The Hall–Kier alpha value is -2.99. The van der Waals surface area contributed by atoms with E-state index in [9.17, 15) is 4.79 Å². The fourth-order valence-electron chi connectivity index (χ4n) is 2.51. The first kappa shape index (κ1) is 16.9. The molecule has 0 spiro atoms. The molecule has 2 aromatic heterocycles. The molecule has 128 valence electrons. The molecular formula is C19H21N5O. The van der Waals surface area contributed by atoms with E-state index in [2.05, 4.69) is 32.3 Å². The Bertz CT molecular complexity index is 825. The molecule has 25 heavy (non-hydrogen) atoms. The van der Waals surface area contributed by atoms with Crippen LogP contribution in [0, 0.1) is 0 Å². The number of imidazole rings is 1. The van der Waals surface area contributed by atoms with Crippen LogP contribution in [0.15, 0.2) is 61.3 Å². The van der Waals surface area contributed by atoms with Gasteiger partial charge in [0.15, 0.2) is 0 Å². The van der Waals surface area contributed by atoms with E-state index in [1.54, 1.807) is 41.6 Å². The molecule has 6 nitrogen and oxygen atoms in total. The van der Waals surface area contributed by atoms with E-state index < -0.39 is 0 Å². The number of amides is 1. The van der Waals surface area contributed by atoms with Crippen LogP contribution in [0.2, 0.25) is 0 Å². The fourth-order valence-corrected chi connectivity index (χ4v) is 2.51. The Balaban J connectivity index is 1.62. The molecule has 0 fully saturated rings. The number of benzene rings is 1. The minimum atomic E-state index is -0.124. The van der Waals surface area contributed by atoms with Crippen LogP contribution >= 0.6 is 0 Å². The lowest BCUT2D eigenvalue weighted by Gasteiger charge is -2.11. The Labute approximate surface area is 147 Å². The number of nitrogens with zero attached hydrogens (tertiary/aromatic N) is 4. The number of aromatic nitrogens is 3. The molecule has 3 aromatic rings. The quantitative estimate of drug-likeness (QED) is 0.750. The lowest BCUT2D eigenvalue weighted by molar-refractivity contribution is 0.0950. The van der Waals surface area contributed by atoms with Crippen molar-refractivity contribution >= 4 is 5.91 Å². The zero-order valence-corrected chi connectivity index (χ0v) is 14.4. The highest BCUT2D eigenvalue weighted by Crippen LogP contribution is 2.09. The molecule has 1 amide bonds. The number of carbonyl (C=O) groups excluding carboxylic acids is 1. The first-order valence-corrected chi connectivity index (χ1v) is 8.07. The summed E-state index contributed by atoms with van der Waals surface area (Å²) in [5.74, 6) is 0.541. The van der Waals surface area contributed by atoms with Gasteiger partial charge in [-0.1, -0.05) is 24.3 Å². The Kier molecular flexibility index (Phi) is 5.20. The second-order valence-corrected chi connectivity index (χ2v) is 6.11. The van der Waals surface area contributed by atoms with Crippen LogP contribution in [-0.2, 0) is 13.1 Å². The molecule has 0 saturated carbocycles. The van der Waals surface area contributed by atoms with Gasteiger partial charge >= 0.3 is 0 Å². The molecule has 1 aromatic carbocycles. The largest absolute Gasteiger partial charge is 0.348 e. The summed E-state index contributed by atoms with van der Waals surface area (Å²) in [5, 5.41) is 2.95. The van der Waals surface area contributed by atoms with E-state index in [1.165, 1.54) is 5.56 Å². The number of pyridine rings is 1. The van der Waals surface area contributed by atoms with E-state index in [0.717, 1.165) is 12.1 Å². The molecule has 6 heteroatoms. The standard InChI is InChI=1S/C19H21N5O/c1-23(2)13-16-5-3-15(4-6-16)12-22-19(25)17-7-8-21-18(11-17)24-10-9-20-14-24/h3-11,14H,12-13H2,1-2H3,(H,22,25). The van der Waals surface area contributed by atoms with Crippen LogP contribution in [0.4, 0.5) is 0 Å². The summed E-state index contributed by atoms with van der Waals surface area (Å²) in [6.07, 6.45) is 6.74. The fraction of sp³-hybridized carbons (Fsp3) is 0.211. The van der Waals surface area contributed by atoms with Crippen molar-refractivity contribution in [2.24, 2.45) is 0 Å². The topological polar surface area (TPSA) is 63.1 Å². The molecule has 1 N–H and O–H groups in total. The predicted octanol–water partition coefficient (Wildman–Crippen LogP) is 2.26. The average molecular weight is 335 g/mol. The highest BCUT2D eigenvalue weighted by molar-refractivity contribution is 5.94. The number of hydrogen-bond donors (Lipinski definition) is 1. The molecule has 2 heterocycles. The number of rotatable bonds is 6. The third-order valence-electron chi connectivity index (χ3n) is 3.75. The smallest absolute Gasteiger partial charge is 0.251 e. The second kappa shape index (κ2) is 7.72. The van der Waals surface area contributed by atoms with Gasteiger partial charge in [0, 0.05) is 37.2 Å². The van der Waals surface area contributed by atoms with Gasteiger partial charge in [-0.05, 0) is 37.4 Å². The summed E-state index contributed by atoms with van der Waals surface area (Å²) in [4.78, 5) is 22.8. The summed E-state index contributed by atoms with van der Waals surface area (Å²) in [5.41, 5.74) is 2.89. The van der Waals surface area contributed by atoms with Crippen molar-refractivity contribution in [3.63, 3.8) is 0 Å². The average Bonchev–Trinajstić information content (AvgIpc) is 3.15. The summed E-state index contributed by atoms with van der Waals surface area (Å²) in [6.45, 7) is 1.39. The van der Waals surface area contributed by atoms with Crippen molar-refractivity contribution in [3.8, 4) is 5.82 Å². The molecular weight excluding hydrogens is 314 g/mol. The summed E-state index contributed by atoms with van der Waals surface area (Å²) in [7, 11) is 4.09. The van der Waals surface area contributed by atoms with Gasteiger partial charge < -0.3 is 10.2 Å². The minimum absolute atomic E-state index is 0.124. The van der Waals surface area contributed by atoms with Crippen molar-refractivity contribution in [1.29, 1.82) is 0 Å². The Morgan fingerprint density at radius 3 is 2.56 bits per heavy atom. The minimum Gasteiger partial charge on any atom is -0.348 e. The third-order valence-corrected chi connectivity index (χ3v) is 3.75. The van der Waals surface area contributed by atoms with Gasteiger partial charge in [0.1, 0.15) is 12.1 Å². The normalized spacial score (nSPS) is 10.8. The van der Waals surface area contributed by atoms with E-state index in [-0.39, 0.29) is 5.91 Å². The summed E-state index contributed by atoms with van der Waals surface area (Å²) in [6, 6.07) is 11.7. The number of hydrogen-bond acceptors (Lipinski definition) is 4. The van der Waals surface area contributed by atoms with Crippen molar-refractivity contribution < 1.29 is 4.79 Å². The zero-order chi connectivity index (χ0) is 17.6. The molecule has 0 aliphatic rings. The lowest BCUT2D eigenvalue weighted by Crippen LogP contribution is -2.23. The number of carbonyl (C=O) groups is 1. The van der Waals surface area contributed by atoms with Crippen LogP contribution in [0.5, 0.6) is 0 Å². The second-order valence-electron chi connectivity index (χ2n) is 6.11. The summed E-state index contributed by atoms with van der Waals surface area (Å²) < 4.78 is 1.76. The van der Waals surface area contributed by atoms with Gasteiger partial charge in [0.05, 0.1) is 0 Å². The highest BCUT2D eigenvalue weighted by atomic mass is 16.1. The van der Waals surface area contributed by atoms with Crippen LogP contribution in [0.1, 0.15) is 21.5 Å². The van der Waals surface area contributed by atoms with Gasteiger partial charge in [-0.3, -0.25) is 9.36 Å². The van der Waals surface area contributed by atoms with Crippen molar-refractivity contribution in [1.82, 2.24) is 24.8 Å². The lowest BCUT2D eigenvalue weighted by atomic mass is 10.1. The molecule has 0 unspecified atom stereocenters. The number of nitrogens with one attached hydrogen (secondary N) is 1. The molecule has 0 radical (unpaired) electrons. The molecule has 0 aliphatic carbocycles. The van der Waals surface area contributed by atoms with Crippen LogP contribution in [-0.4, -0.2) is 39.4 Å². The first-order chi connectivity index (χ1) is 12.1. The van der Waals surface area contributed by atoms with Gasteiger partial charge in [0.2, 0.25) is 0 Å². The van der Waals surface area contributed by atoms with E-state index >= 15 is 0 Å². The molecule has 0 aliphatic heterocycles. The van der Waals surface area contributed by atoms with E-state index in [1.807, 2.05) is 26.2 Å². The third kappa shape index (κ3) is 4.51.